The van der Waals surface area contributed by atoms with Crippen molar-refractivity contribution in [2.45, 2.75) is 37.8 Å². The van der Waals surface area contributed by atoms with E-state index in [-0.39, 0.29) is 17.9 Å². The predicted octanol–water partition coefficient (Wildman–Crippen LogP) is 6.93. The Hall–Kier alpha value is -3.56. The first-order valence-electron chi connectivity index (χ1n) is 13.9. The van der Waals surface area contributed by atoms with E-state index in [2.05, 4.69) is 5.32 Å². The van der Waals surface area contributed by atoms with E-state index in [0.29, 0.717) is 38.4 Å². The molecule has 2 amide bonds. The first kappa shape index (κ1) is 33.3. The normalized spacial score (nSPS) is 11.9. The van der Waals surface area contributed by atoms with Gasteiger partial charge in [0.2, 0.25) is 11.8 Å². The minimum atomic E-state index is -4.25. The van der Waals surface area contributed by atoms with Crippen LogP contribution in [0.5, 0.6) is 0 Å². The van der Waals surface area contributed by atoms with Crippen LogP contribution >= 0.6 is 34.8 Å². The van der Waals surface area contributed by atoms with E-state index < -0.39 is 34.4 Å². The van der Waals surface area contributed by atoms with Crippen LogP contribution in [0.25, 0.3) is 0 Å². The summed E-state index contributed by atoms with van der Waals surface area (Å²) < 4.78 is 29.3. The van der Waals surface area contributed by atoms with Gasteiger partial charge in [-0.15, -0.1) is 0 Å². The lowest BCUT2D eigenvalue weighted by Crippen LogP contribution is -2.53. The number of carbonyl (C=O) groups excluding carboxylic acids is 2. The van der Waals surface area contributed by atoms with E-state index in [4.69, 9.17) is 34.8 Å². The van der Waals surface area contributed by atoms with Crippen LogP contribution in [0.2, 0.25) is 15.1 Å². The largest absolute Gasteiger partial charge is 0.355 e. The molecule has 0 aliphatic heterocycles. The fourth-order valence-corrected chi connectivity index (χ4v) is 6.91. The van der Waals surface area contributed by atoms with Crippen molar-refractivity contribution in [1.29, 1.82) is 0 Å². The van der Waals surface area contributed by atoms with Crippen LogP contribution in [0.3, 0.4) is 0 Å². The molecule has 44 heavy (non-hydrogen) atoms. The van der Waals surface area contributed by atoms with Gasteiger partial charge in [0.05, 0.1) is 10.6 Å². The molecule has 11 heteroatoms. The molecule has 0 aromatic heterocycles. The monoisotopic (exact) mass is 671 g/mol. The molecular weight excluding hydrogens is 641 g/mol. The van der Waals surface area contributed by atoms with Gasteiger partial charge in [0.25, 0.3) is 10.0 Å². The maximum Gasteiger partial charge on any atom is 0.264 e. The maximum absolute atomic E-state index is 14.5. The highest BCUT2D eigenvalue weighted by molar-refractivity contribution is 7.92. The Kier molecular flexibility index (Phi) is 11.3. The highest BCUT2D eigenvalue weighted by Gasteiger charge is 2.35. The van der Waals surface area contributed by atoms with E-state index in [9.17, 15) is 18.0 Å². The molecule has 0 heterocycles. The van der Waals surface area contributed by atoms with Crippen LogP contribution in [0.4, 0.5) is 5.69 Å². The van der Waals surface area contributed by atoms with Crippen LogP contribution in [-0.4, -0.2) is 44.3 Å². The Morgan fingerprint density at radius 2 is 1.43 bits per heavy atom. The van der Waals surface area contributed by atoms with Crippen molar-refractivity contribution in [3.8, 4) is 0 Å². The predicted molar refractivity (Wildman–Crippen MR) is 177 cm³/mol. The molecule has 4 rings (SSSR count). The molecule has 0 fully saturated rings. The SMILES string of the molecule is CCNC(=O)[C@H](Cc1ccccc1)N(Cc1c(Cl)cccc1Cl)C(=O)CN(c1ccccc1C)S(=O)(=O)c1ccc(Cl)cc1. The molecule has 0 unspecified atom stereocenters. The highest BCUT2D eigenvalue weighted by atomic mass is 35.5. The van der Waals surface area contributed by atoms with Crippen LogP contribution in [0, 0.1) is 6.92 Å². The topological polar surface area (TPSA) is 86.8 Å². The number of rotatable bonds is 12. The lowest BCUT2D eigenvalue weighted by molar-refractivity contribution is -0.140. The van der Waals surface area contributed by atoms with Gasteiger partial charge in [0, 0.05) is 40.1 Å². The second kappa shape index (κ2) is 14.9. The van der Waals surface area contributed by atoms with E-state index in [1.807, 2.05) is 30.3 Å². The molecule has 0 saturated carbocycles. The summed E-state index contributed by atoms with van der Waals surface area (Å²) in [7, 11) is -4.25. The van der Waals surface area contributed by atoms with Gasteiger partial charge < -0.3 is 10.2 Å². The zero-order chi connectivity index (χ0) is 31.9. The number of amides is 2. The van der Waals surface area contributed by atoms with Crippen LogP contribution in [-0.2, 0) is 32.6 Å². The second-order valence-corrected chi connectivity index (χ2v) is 13.2. The van der Waals surface area contributed by atoms with Crippen LogP contribution in [0.1, 0.15) is 23.6 Å². The minimum absolute atomic E-state index is 0.0387. The third-order valence-electron chi connectivity index (χ3n) is 7.08. The van der Waals surface area contributed by atoms with Crippen LogP contribution in [0.15, 0.2) is 102 Å². The number of para-hydroxylation sites is 1. The molecule has 4 aromatic rings. The Bertz CT molecular complexity index is 1700. The lowest BCUT2D eigenvalue weighted by Gasteiger charge is -2.34. The molecule has 0 spiro atoms. The van der Waals surface area contributed by atoms with Crippen molar-refractivity contribution < 1.29 is 18.0 Å². The van der Waals surface area contributed by atoms with Crippen molar-refractivity contribution in [3.63, 3.8) is 0 Å². The summed E-state index contributed by atoms with van der Waals surface area (Å²) in [6.07, 6.45) is 0.175. The van der Waals surface area contributed by atoms with Gasteiger partial charge in [-0.25, -0.2) is 8.42 Å². The number of hydrogen-bond acceptors (Lipinski definition) is 4. The van der Waals surface area contributed by atoms with Crippen molar-refractivity contribution in [2.75, 3.05) is 17.4 Å². The lowest BCUT2D eigenvalue weighted by atomic mass is 10.0. The van der Waals surface area contributed by atoms with E-state index >= 15 is 0 Å². The molecule has 0 saturated heterocycles. The summed E-state index contributed by atoms with van der Waals surface area (Å²) >= 11 is 19.1. The molecule has 0 aliphatic rings. The molecule has 0 bridgehead atoms. The molecule has 230 valence electrons. The maximum atomic E-state index is 14.5. The zero-order valence-corrected chi connectivity index (χ0v) is 27.3. The number of aryl methyl sites for hydroxylation is 1. The fourth-order valence-electron chi connectivity index (χ4n) is 4.79. The zero-order valence-electron chi connectivity index (χ0n) is 24.2. The molecule has 1 atom stereocenters. The summed E-state index contributed by atoms with van der Waals surface area (Å²) in [6, 6.07) is 25.9. The van der Waals surface area contributed by atoms with Crippen molar-refractivity contribution in [1.82, 2.24) is 10.2 Å². The van der Waals surface area contributed by atoms with Crippen molar-refractivity contribution in [2.24, 2.45) is 0 Å². The first-order valence-corrected chi connectivity index (χ1v) is 16.5. The quantitative estimate of drug-likeness (QED) is 0.177. The third kappa shape index (κ3) is 7.93. The van der Waals surface area contributed by atoms with Gasteiger partial charge in [-0.1, -0.05) is 89.4 Å². The number of hydrogen-bond donors (Lipinski definition) is 1. The van der Waals surface area contributed by atoms with Gasteiger partial charge in [0.1, 0.15) is 12.6 Å². The number of halogens is 3. The number of anilines is 1. The molecule has 7 nitrogen and oxygen atoms in total. The highest BCUT2D eigenvalue weighted by Crippen LogP contribution is 2.30. The van der Waals surface area contributed by atoms with E-state index in [1.165, 1.54) is 29.2 Å². The third-order valence-corrected chi connectivity index (χ3v) is 9.81. The second-order valence-electron chi connectivity index (χ2n) is 10.1. The number of nitrogens with zero attached hydrogens (tertiary/aromatic N) is 2. The number of nitrogens with one attached hydrogen (secondary N) is 1. The number of sulfonamides is 1. The Balaban J connectivity index is 1.84. The molecule has 0 radical (unpaired) electrons. The van der Waals surface area contributed by atoms with Crippen molar-refractivity contribution in [3.05, 3.63) is 129 Å². The average molecular weight is 673 g/mol. The summed E-state index contributed by atoms with van der Waals surface area (Å²) in [5.41, 5.74) is 2.22. The fraction of sp³-hybridized carbons (Fsp3) is 0.212. The molecular formula is C33H32Cl3N3O4S. The van der Waals surface area contributed by atoms with E-state index in [0.717, 1.165) is 9.87 Å². The molecule has 1 N–H and O–H groups in total. The van der Waals surface area contributed by atoms with Crippen molar-refractivity contribution >= 4 is 62.3 Å². The summed E-state index contributed by atoms with van der Waals surface area (Å²) in [5, 5.41) is 3.83. The molecule has 0 aliphatic carbocycles. The average Bonchev–Trinajstić information content (AvgIpc) is 3.00. The minimum Gasteiger partial charge on any atom is -0.355 e. The van der Waals surface area contributed by atoms with Gasteiger partial charge in [-0.3, -0.25) is 13.9 Å². The number of benzene rings is 4. The number of likely N-dealkylation sites (N-methyl/N-ethyl adjacent to an activating group) is 1. The summed E-state index contributed by atoms with van der Waals surface area (Å²) in [5.74, 6) is -1.01. The van der Waals surface area contributed by atoms with Crippen LogP contribution < -0.4 is 9.62 Å². The Morgan fingerprint density at radius 1 is 0.818 bits per heavy atom. The molecule has 4 aromatic carbocycles. The Morgan fingerprint density at radius 3 is 2.05 bits per heavy atom. The van der Waals surface area contributed by atoms with Gasteiger partial charge in [-0.05, 0) is 67.4 Å². The smallest absolute Gasteiger partial charge is 0.264 e. The summed E-state index contributed by atoms with van der Waals surface area (Å²) in [4.78, 5) is 29.4. The Labute approximate surface area is 273 Å². The van der Waals surface area contributed by atoms with Gasteiger partial charge in [-0.2, -0.15) is 0 Å². The summed E-state index contributed by atoms with van der Waals surface area (Å²) in [6.45, 7) is 3.15. The van der Waals surface area contributed by atoms with Gasteiger partial charge >= 0.3 is 0 Å². The number of carbonyl (C=O) groups is 2. The van der Waals surface area contributed by atoms with E-state index in [1.54, 1.807) is 56.3 Å². The first-order chi connectivity index (χ1) is 21.0. The van der Waals surface area contributed by atoms with Gasteiger partial charge in [0.15, 0.2) is 0 Å². The standard InChI is InChI=1S/C33H32Cl3N3O4S/c1-3-37-33(41)31(20-24-11-5-4-6-12-24)38(21-27-28(35)13-9-14-29(27)36)32(40)22-39(30-15-8-7-10-23(30)2)44(42,43)26-18-16-25(34)17-19-26/h4-19,31H,3,20-22H2,1-2H3,(H,37,41)/t31-/m0/s1.